The van der Waals surface area contributed by atoms with Gasteiger partial charge in [0.1, 0.15) is 12.1 Å². The summed E-state index contributed by atoms with van der Waals surface area (Å²) < 4.78 is 5.22. The van der Waals surface area contributed by atoms with E-state index in [1.54, 1.807) is 25.1 Å². The number of methoxy groups -OCH3 is 1. The van der Waals surface area contributed by atoms with Gasteiger partial charge in [0.15, 0.2) is 0 Å². The first-order valence-corrected chi connectivity index (χ1v) is 7.14. The van der Waals surface area contributed by atoms with Gasteiger partial charge in [0.2, 0.25) is 0 Å². The molecule has 1 aromatic heterocycles. The largest absolute Gasteiger partial charge is 0.496 e. The Balaban J connectivity index is 2.13. The normalized spacial score (nSPS) is 10.7. The molecule has 0 fully saturated rings. The fraction of sp³-hybridized carbons (Fsp3) is 0.133. The van der Waals surface area contributed by atoms with E-state index < -0.39 is 5.97 Å². The van der Waals surface area contributed by atoms with Crippen LogP contribution in [0.1, 0.15) is 11.1 Å². The van der Waals surface area contributed by atoms with E-state index in [4.69, 9.17) is 9.84 Å². The van der Waals surface area contributed by atoms with Gasteiger partial charge >= 0.3 is 5.97 Å². The van der Waals surface area contributed by atoms with Crippen molar-refractivity contribution in [2.45, 2.75) is 10.8 Å². The van der Waals surface area contributed by atoms with Crippen LogP contribution in [-0.4, -0.2) is 28.2 Å². The van der Waals surface area contributed by atoms with Crippen LogP contribution in [-0.2, 0) is 10.5 Å². The smallest absolute Gasteiger partial charge is 0.328 e. The molecular formula is C15H14N2O3S. The predicted molar refractivity (Wildman–Crippen MR) is 81.3 cm³/mol. The van der Waals surface area contributed by atoms with Crippen molar-refractivity contribution in [1.29, 1.82) is 0 Å². The second-order valence-corrected chi connectivity index (χ2v) is 5.08. The number of thioether (sulfide) groups is 1. The molecule has 0 aliphatic heterocycles. The van der Waals surface area contributed by atoms with Crippen LogP contribution < -0.4 is 4.74 Å². The molecule has 0 atom stereocenters. The van der Waals surface area contributed by atoms with Gasteiger partial charge in [0, 0.05) is 23.6 Å². The van der Waals surface area contributed by atoms with E-state index in [-0.39, 0.29) is 0 Å². The fourth-order valence-electron chi connectivity index (χ4n) is 1.69. The molecule has 0 saturated carbocycles. The Labute approximate surface area is 126 Å². The van der Waals surface area contributed by atoms with Crippen LogP contribution in [0.5, 0.6) is 5.75 Å². The summed E-state index contributed by atoms with van der Waals surface area (Å²) in [6, 6.07) is 7.54. The highest BCUT2D eigenvalue weighted by Gasteiger charge is 2.04. The molecule has 1 heterocycles. The van der Waals surface area contributed by atoms with Gasteiger partial charge < -0.3 is 9.84 Å². The number of ether oxygens (including phenoxy) is 1. The fourth-order valence-corrected chi connectivity index (χ4v) is 2.46. The van der Waals surface area contributed by atoms with Crippen molar-refractivity contribution in [1.82, 2.24) is 9.97 Å². The van der Waals surface area contributed by atoms with Crippen LogP contribution >= 0.6 is 11.8 Å². The van der Waals surface area contributed by atoms with E-state index in [1.807, 2.05) is 24.3 Å². The molecule has 0 aliphatic rings. The maximum atomic E-state index is 10.6. The lowest BCUT2D eigenvalue weighted by Gasteiger charge is -2.07. The van der Waals surface area contributed by atoms with Crippen molar-refractivity contribution < 1.29 is 14.6 Å². The lowest BCUT2D eigenvalue weighted by Crippen LogP contribution is -1.91. The lowest BCUT2D eigenvalue weighted by molar-refractivity contribution is -0.131. The first-order valence-electron chi connectivity index (χ1n) is 6.16. The highest BCUT2D eigenvalue weighted by molar-refractivity contribution is 7.98. The molecule has 2 aromatic rings. The number of hydrogen-bond acceptors (Lipinski definition) is 5. The molecule has 1 N–H and O–H groups in total. The van der Waals surface area contributed by atoms with Gasteiger partial charge in [-0.1, -0.05) is 6.07 Å². The summed E-state index contributed by atoms with van der Waals surface area (Å²) in [6.45, 7) is 0. The Hall–Kier alpha value is -2.34. The van der Waals surface area contributed by atoms with Gasteiger partial charge in [-0.25, -0.2) is 14.8 Å². The second-order valence-electron chi connectivity index (χ2n) is 4.08. The van der Waals surface area contributed by atoms with Crippen molar-refractivity contribution in [3.8, 4) is 5.75 Å². The van der Waals surface area contributed by atoms with Crippen molar-refractivity contribution >= 4 is 23.8 Å². The van der Waals surface area contributed by atoms with Crippen molar-refractivity contribution in [2.75, 3.05) is 7.11 Å². The summed E-state index contributed by atoms with van der Waals surface area (Å²) in [5.41, 5.74) is 1.80. The average molecular weight is 302 g/mol. The predicted octanol–water partition coefficient (Wildman–Crippen LogP) is 2.88. The average Bonchev–Trinajstić information content (AvgIpc) is 2.52. The Morgan fingerprint density at radius 1 is 1.43 bits per heavy atom. The second kappa shape index (κ2) is 7.44. The topological polar surface area (TPSA) is 72.3 Å². The van der Waals surface area contributed by atoms with Crippen molar-refractivity contribution in [3.05, 3.63) is 54.0 Å². The Morgan fingerprint density at radius 3 is 2.95 bits per heavy atom. The van der Waals surface area contributed by atoms with E-state index in [9.17, 15) is 4.79 Å². The van der Waals surface area contributed by atoms with Gasteiger partial charge in [-0.2, -0.15) is 0 Å². The number of benzene rings is 1. The summed E-state index contributed by atoms with van der Waals surface area (Å²) in [7, 11) is 1.56. The van der Waals surface area contributed by atoms with Crippen molar-refractivity contribution in [3.63, 3.8) is 0 Å². The number of hydrogen-bond donors (Lipinski definition) is 1. The molecule has 0 radical (unpaired) electrons. The third kappa shape index (κ3) is 4.61. The van der Waals surface area contributed by atoms with E-state index in [1.165, 1.54) is 12.4 Å². The maximum absolute atomic E-state index is 10.6. The first-order chi connectivity index (χ1) is 10.2. The number of carboxylic acids is 1. The number of aromatic nitrogens is 2. The van der Waals surface area contributed by atoms with Crippen molar-refractivity contribution in [2.24, 2.45) is 0 Å². The number of aliphatic carboxylic acids is 1. The minimum atomic E-state index is -0.988. The summed E-state index contributed by atoms with van der Waals surface area (Å²) in [5.74, 6) is 0.385. The standard InChI is InChI=1S/C15H14N2O3S/c1-20-13-4-2-11(8-12(13)3-5-15(18)19)9-21-14-6-7-16-10-17-14/h2-8,10H,9H2,1H3,(H,18,19). The van der Waals surface area contributed by atoms with E-state index in [2.05, 4.69) is 9.97 Å². The van der Waals surface area contributed by atoms with Crippen LogP contribution in [0, 0.1) is 0 Å². The molecule has 0 saturated heterocycles. The maximum Gasteiger partial charge on any atom is 0.328 e. The minimum Gasteiger partial charge on any atom is -0.496 e. The molecule has 5 nitrogen and oxygen atoms in total. The van der Waals surface area contributed by atoms with Gasteiger partial charge in [-0.05, 0) is 29.8 Å². The summed E-state index contributed by atoms with van der Waals surface area (Å²) >= 11 is 1.59. The number of carbonyl (C=O) groups is 1. The van der Waals surface area contributed by atoms with Gasteiger partial charge in [-0.3, -0.25) is 0 Å². The monoisotopic (exact) mass is 302 g/mol. The highest BCUT2D eigenvalue weighted by atomic mass is 32.2. The Kier molecular flexibility index (Phi) is 5.34. The number of rotatable bonds is 6. The van der Waals surface area contributed by atoms with E-state index in [0.717, 1.165) is 28.0 Å². The minimum absolute atomic E-state index is 0.642. The third-order valence-corrected chi connectivity index (χ3v) is 3.66. The summed E-state index contributed by atoms with van der Waals surface area (Å²) in [6.07, 6.45) is 5.83. The van der Waals surface area contributed by atoms with E-state index >= 15 is 0 Å². The quantitative estimate of drug-likeness (QED) is 0.502. The zero-order chi connectivity index (χ0) is 15.1. The van der Waals surface area contributed by atoms with E-state index in [0.29, 0.717) is 5.75 Å². The van der Waals surface area contributed by atoms with Gasteiger partial charge in [0.25, 0.3) is 0 Å². The zero-order valence-electron chi connectivity index (χ0n) is 11.4. The molecule has 6 heteroatoms. The molecule has 108 valence electrons. The number of nitrogens with zero attached hydrogens (tertiary/aromatic N) is 2. The SMILES string of the molecule is COc1ccc(CSc2ccncn2)cc1C=CC(=O)O. The Morgan fingerprint density at radius 2 is 2.29 bits per heavy atom. The Bertz CT molecular complexity index is 645. The molecule has 21 heavy (non-hydrogen) atoms. The number of carboxylic acid groups (broad SMARTS) is 1. The summed E-state index contributed by atoms with van der Waals surface area (Å²) in [4.78, 5) is 18.6. The zero-order valence-corrected chi connectivity index (χ0v) is 12.2. The highest BCUT2D eigenvalue weighted by Crippen LogP contribution is 2.25. The third-order valence-electron chi connectivity index (χ3n) is 2.64. The molecule has 0 bridgehead atoms. The molecule has 0 amide bonds. The van der Waals surface area contributed by atoms with Crippen LogP contribution in [0.4, 0.5) is 0 Å². The lowest BCUT2D eigenvalue weighted by atomic mass is 10.1. The molecule has 0 unspecified atom stereocenters. The van der Waals surface area contributed by atoms with Crippen LogP contribution in [0.25, 0.3) is 6.08 Å². The van der Waals surface area contributed by atoms with Gasteiger partial charge in [-0.15, -0.1) is 11.8 Å². The summed E-state index contributed by atoms with van der Waals surface area (Å²) in [5, 5.41) is 9.61. The van der Waals surface area contributed by atoms with Crippen LogP contribution in [0.2, 0.25) is 0 Å². The molecule has 0 aliphatic carbocycles. The molecule has 0 spiro atoms. The van der Waals surface area contributed by atoms with Gasteiger partial charge in [0.05, 0.1) is 12.1 Å². The molecule has 1 aromatic carbocycles. The molecule has 2 rings (SSSR count). The van der Waals surface area contributed by atoms with Crippen LogP contribution in [0.15, 0.2) is 47.9 Å². The first kappa shape index (κ1) is 15.1. The molecular weight excluding hydrogens is 288 g/mol. The van der Waals surface area contributed by atoms with Crippen LogP contribution in [0.3, 0.4) is 0 Å².